The van der Waals surface area contributed by atoms with Crippen LogP contribution in [0.1, 0.15) is 12.8 Å². The molecule has 1 saturated heterocycles. The Labute approximate surface area is 111 Å². The van der Waals surface area contributed by atoms with Crippen molar-refractivity contribution >= 4 is 23.0 Å². The molecule has 0 aromatic heterocycles. The van der Waals surface area contributed by atoms with E-state index in [1.165, 1.54) is 18.9 Å². The summed E-state index contributed by atoms with van der Waals surface area (Å²) >= 11 is 5.76. The van der Waals surface area contributed by atoms with Crippen molar-refractivity contribution in [3.63, 3.8) is 0 Å². The van der Waals surface area contributed by atoms with E-state index in [0.717, 1.165) is 19.6 Å². The molecule has 0 aliphatic carbocycles. The highest BCUT2D eigenvalue weighted by Gasteiger charge is 2.15. The molecule has 0 radical (unpaired) electrons. The topological polar surface area (TPSA) is 58.4 Å². The van der Waals surface area contributed by atoms with Crippen LogP contribution in [0.3, 0.4) is 0 Å². The van der Waals surface area contributed by atoms with Crippen molar-refractivity contribution in [3.05, 3.63) is 33.3 Å². The van der Waals surface area contributed by atoms with Crippen LogP contribution in [0.2, 0.25) is 5.02 Å². The number of nitrogens with one attached hydrogen (secondary N) is 1. The molecule has 0 unspecified atom stereocenters. The van der Waals surface area contributed by atoms with E-state index < -0.39 is 4.92 Å². The van der Waals surface area contributed by atoms with E-state index in [4.69, 9.17) is 11.6 Å². The fraction of sp³-hybridized carbons (Fsp3) is 0.500. The third-order valence-corrected chi connectivity index (χ3v) is 3.33. The predicted octanol–water partition coefficient (Wildman–Crippen LogP) is 2.76. The predicted molar refractivity (Wildman–Crippen MR) is 72.3 cm³/mol. The first kappa shape index (κ1) is 13.1. The van der Waals surface area contributed by atoms with Crippen LogP contribution in [0.4, 0.5) is 11.4 Å². The van der Waals surface area contributed by atoms with Gasteiger partial charge in [-0.3, -0.25) is 10.1 Å². The van der Waals surface area contributed by atoms with Crippen LogP contribution in [0, 0.1) is 10.1 Å². The zero-order chi connectivity index (χ0) is 13.0. The Morgan fingerprint density at radius 3 is 2.78 bits per heavy atom. The van der Waals surface area contributed by atoms with Gasteiger partial charge in [-0.2, -0.15) is 0 Å². The molecule has 1 heterocycles. The summed E-state index contributed by atoms with van der Waals surface area (Å²) in [6.07, 6.45) is 2.50. The summed E-state index contributed by atoms with van der Waals surface area (Å²) in [6.45, 7) is 3.89. The number of halogens is 1. The summed E-state index contributed by atoms with van der Waals surface area (Å²) in [5, 5.41) is 14.4. The maximum Gasteiger partial charge on any atom is 0.293 e. The molecular weight excluding hydrogens is 254 g/mol. The normalized spacial score (nSPS) is 15.8. The number of hydrogen-bond donors (Lipinski definition) is 1. The van der Waals surface area contributed by atoms with Crippen LogP contribution in [0.5, 0.6) is 0 Å². The fourth-order valence-corrected chi connectivity index (χ4v) is 2.33. The first-order valence-electron chi connectivity index (χ1n) is 6.07. The Bertz CT molecular complexity index is 433. The molecule has 0 amide bonds. The van der Waals surface area contributed by atoms with E-state index in [1.54, 1.807) is 12.1 Å². The zero-order valence-electron chi connectivity index (χ0n) is 10.1. The lowest BCUT2D eigenvalue weighted by Gasteiger charge is -2.15. The van der Waals surface area contributed by atoms with Gasteiger partial charge in [-0.1, -0.05) is 11.6 Å². The molecule has 0 bridgehead atoms. The summed E-state index contributed by atoms with van der Waals surface area (Å²) in [5.41, 5.74) is 0.563. The first-order chi connectivity index (χ1) is 8.66. The lowest BCUT2D eigenvalue weighted by atomic mass is 10.2. The van der Waals surface area contributed by atoms with E-state index >= 15 is 0 Å². The number of likely N-dealkylation sites (tertiary alicyclic amines) is 1. The molecule has 1 fully saturated rings. The van der Waals surface area contributed by atoms with Gasteiger partial charge in [0.15, 0.2) is 0 Å². The summed E-state index contributed by atoms with van der Waals surface area (Å²) < 4.78 is 0. The Kier molecular flexibility index (Phi) is 4.38. The van der Waals surface area contributed by atoms with Crippen molar-refractivity contribution < 1.29 is 4.92 Å². The average Bonchev–Trinajstić information content (AvgIpc) is 2.84. The van der Waals surface area contributed by atoms with Gasteiger partial charge in [0.25, 0.3) is 5.69 Å². The van der Waals surface area contributed by atoms with Crippen molar-refractivity contribution in [1.82, 2.24) is 4.90 Å². The van der Waals surface area contributed by atoms with E-state index in [0.29, 0.717) is 17.3 Å². The average molecular weight is 270 g/mol. The van der Waals surface area contributed by atoms with Gasteiger partial charge in [0.1, 0.15) is 5.69 Å². The van der Waals surface area contributed by atoms with Crippen LogP contribution in [-0.4, -0.2) is 36.0 Å². The van der Waals surface area contributed by atoms with Crippen molar-refractivity contribution in [1.29, 1.82) is 0 Å². The third kappa shape index (κ3) is 3.34. The Morgan fingerprint density at radius 1 is 1.39 bits per heavy atom. The van der Waals surface area contributed by atoms with Crippen LogP contribution < -0.4 is 5.32 Å². The van der Waals surface area contributed by atoms with E-state index in [-0.39, 0.29) is 5.69 Å². The molecule has 2 rings (SSSR count). The zero-order valence-corrected chi connectivity index (χ0v) is 10.8. The highest BCUT2D eigenvalue weighted by molar-refractivity contribution is 6.30. The molecule has 1 aromatic carbocycles. The molecule has 18 heavy (non-hydrogen) atoms. The van der Waals surface area contributed by atoms with Crippen LogP contribution in [-0.2, 0) is 0 Å². The second kappa shape index (κ2) is 6.02. The van der Waals surface area contributed by atoms with Crippen molar-refractivity contribution in [2.24, 2.45) is 0 Å². The maximum atomic E-state index is 10.9. The number of nitro groups is 1. The van der Waals surface area contributed by atoms with Gasteiger partial charge in [-0.25, -0.2) is 0 Å². The Balaban J connectivity index is 1.93. The van der Waals surface area contributed by atoms with Crippen LogP contribution in [0.25, 0.3) is 0 Å². The minimum atomic E-state index is -0.413. The van der Waals surface area contributed by atoms with Crippen LogP contribution in [0.15, 0.2) is 18.2 Å². The highest BCUT2D eigenvalue weighted by Crippen LogP contribution is 2.27. The number of anilines is 1. The van der Waals surface area contributed by atoms with Gasteiger partial charge >= 0.3 is 0 Å². The van der Waals surface area contributed by atoms with Gasteiger partial charge in [-0.15, -0.1) is 0 Å². The highest BCUT2D eigenvalue weighted by atomic mass is 35.5. The summed E-state index contributed by atoms with van der Waals surface area (Å²) in [6, 6.07) is 4.69. The molecule has 1 N–H and O–H groups in total. The molecule has 1 aliphatic heterocycles. The fourth-order valence-electron chi connectivity index (χ4n) is 2.16. The summed E-state index contributed by atoms with van der Waals surface area (Å²) in [4.78, 5) is 12.8. The quantitative estimate of drug-likeness (QED) is 0.660. The van der Waals surface area contributed by atoms with Gasteiger partial charge in [0, 0.05) is 24.2 Å². The van der Waals surface area contributed by atoms with Gasteiger partial charge in [0.05, 0.1) is 4.92 Å². The second-order valence-electron chi connectivity index (χ2n) is 4.39. The minimum Gasteiger partial charge on any atom is -0.378 e. The van der Waals surface area contributed by atoms with Crippen molar-refractivity contribution in [2.75, 3.05) is 31.5 Å². The standard InChI is InChI=1S/C12H16ClN3O2/c13-10-3-4-11(12(9-10)16(17)18)14-5-8-15-6-1-2-7-15/h3-4,9,14H,1-2,5-8H2. The largest absolute Gasteiger partial charge is 0.378 e. The van der Waals surface area contributed by atoms with E-state index in [1.807, 2.05) is 0 Å². The van der Waals surface area contributed by atoms with Gasteiger partial charge in [0.2, 0.25) is 0 Å². The molecule has 0 atom stereocenters. The second-order valence-corrected chi connectivity index (χ2v) is 4.83. The smallest absolute Gasteiger partial charge is 0.293 e. The van der Waals surface area contributed by atoms with Gasteiger partial charge < -0.3 is 10.2 Å². The number of nitro benzene ring substituents is 1. The Morgan fingerprint density at radius 2 is 2.11 bits per heavy atom. The van der Waals surface area contributed by atoms with Crippen molar-refractivity contribution in [3.8, 4) is 0 Å². The lowest BCUT2D eigenvalue weighted by Crippen LogP contribution is -2.26. The Hall–Kier alpha value is -1.33. The number of hydrogen-bond acceptors (Lipinski definition) is 4. The molecular formula is C12H16ClN3O2. The third-order valence-electron chi connectivity index (χ3n) is 3.10. The minimum absolute atomic E-state index is 0.0314. The molecule has 0 spiro atoms. The summed E-state index contributed by atoms with van der Waals surface area (Å²) in [7, 11) is 0. The monoisotopic (exact) mass is 269 g/mol. The molecule has 1 aliphatic rings. The van der Waals surface area contributed by atoms with Crippen LogP contribution >= 0.6 is 11.6 Å². The number of rotatable bonds is 5. The lowest BCUT2D eigenvalue weighted by molar-refractivity contribution is -0.383. The first-order valence-corrected chi connectivity index (χ1v) is 6.45. The number of nitrogens with zero attached hydrogens (tertiary/aromatic N) is 2. The summed E-state index contributed by atoms with van der Waals surface area (Å²) in [5.74, 6) is 0. The number of benzene rings is 1. The van der Waals surface area contributed by atoms with E-state index in [9.17, 15) is 10.1 Å². The molecule has 98 valence electrons. The molecule has 5 nitrogen and oxygen atoms in total. The maximum absolute atomic E-state index is 10.9. The molecule has 6 heteroatoms. The van der Waals surface area contributed by atoms with E-state index in [2.05, 4.69) is 10.2 Å². The molecule has 1 aromatic rings. The SMILES string of the molecule is O=[N+]([O-])c1cc(Cl)ccc1NCCN1CCCC1. The molecule has 0 saturated carbocycles. The van der Waals surface area contributed by atoms with Crippen molar-refractivity contribution in [2.45, 2.75) is 12.8 Å². The van der Waals surface area contributed by atoms with Gasteiger partial charge in [-0.05, 0) is 38.1 Å².